The fourth-order valence-electron chi connectivity index (χ4n) is 1.26. The first-order valence-electron chi connectivity index (χ1n) is 4.50. The van der Waals surface area contributed by atoms with Crippen LogP contribution in [0.3, 0.4) is 0 Å². The Kier molecular flexibility index (Phi) is 2.37. The van der Waals surface area contributed by atoms with E-state index < -0.39 is 11.9 Å². The van der Waals surface area contributed by atoms with Gasteiger partial charge in [0, 0.05) is 12.4 Å². The number of nitrogens with one attached hydrogen (secondary N) is 2. The SMILES string of the molecule is Cc1ccn(C2=CNNC(C(F)(F)F)=C2)n1. The third kappa shape index (κ3) is 2.02. The number of hydrazine groups is 1. The van der Waals surface area contributed by atoms with E-state index in [-0.39, 0.29) is 0 Å². The third-order valence-electron chi connectivity index (χ3n) is 2.01. The van der Waals surface area contributed by atoms with E-state index in [1.54, 1.807) is 19.2 Å². The number of halogens is 3. The molecule has 0 saturated carbocycles. The van der Waals surface area contributed by atoms with Gasteiger partial charge in [0.2, 0.25) is 0 Å². The molecule has 1 aromatic heterocycles. The third-order valence-corrected chi connectivity index (χ3v) is 2.01. The van der Waals surface area contributed by atoms with Crippen molar-refractivity contribution in [3.8, 4) is 0 Å². The molecule has 0 saturated heterocycles. The predicted octanol–water partition coefficient (Wildman–Crippen LogP) is 1.54. The molecule has 2 N–H and O–H groups in total. The predicted molar refractivity (Wildman–Crippen MR) is 51.6 cm³/mol. The van der Waals surface area contributed by atoms with Crippen LogP contribution in [0.5, 0.6) is 0 Å². The van der Waals surface area contributed by atoms with Crippen LogP contribution >= 0.6 is 0 Å². The summed E-state index contributed by atoms with van der Waals surface area (Å²) in [5.74, 6) is 0. The van der Waals surface area contributed by atoms with Crippen molar-refractivity contribution in [2.75, 3.05) is 0 Å². The molecule has 0 spiro atoms. The van der Waals surface area contributed by atoms with Crippen LogP contribution in [0.15, 0.2) is 30.2 Å². The number of hydrogen-bond donors (Lipinski definition) is 2. The minimum Gasteiger partial charge on any atom is -0.306 e. The van der Waals surface area contributed by atoms with Crippen molar-refractivity contribution in [3.63, 3.8) is 0 Å². The summed E-state index contributed by atoms with van der Waals surface area (Å²) >= 11 is 0. The minimum absolute atomic E-state index is 0.319. The monoisotopic (exact) mass is 230 g/mol. The van der Waals surface area contributed by atoms with E-state index in [0.29, 0.717) is 5.70 Å². The molecular formula is C9H9F3N4. The lowest BCUT2D eigenvalue weighted by molar-refractivity contribution is -0.0978. The summed E-state index contributed by atoms with van der Waals surface area (Å²) in [6, 6.07) is 1.71. The second kappa shape index (κ2) is 3.58. The molecule has 2 heterocycles. The average Bonchev–Trinajstić information content (AvgIpc) is 2.64. The van der Waals surface area contributed by atoms with Gasteiger partial charge in [-0.1, -0.05) is 0 Å². The van der Waals surface area contributed by atoms with Gasteiger partial charge in [0.25, 0.3) is 0 Å². The number of allylic oxidation sites excluding steroid dienone is 3. The maximum atomic E-state index is 12.4. The Morgan fingerprint density at radius 1 is 1.38 bits per heavy atom. The van der Waals surface area contributed by atoms with Gasteiger partial charge in [-0.05, 0) is 19.1 Å². The highest BCUT2D eigenvalue weighted by molar-refractivity contribution is 5.58. The lowest BCUT2D eigenvalue weighted by atomic mass is 10.3. The smallest absolute Gasteiger partial charge is 0.306 e. The Morgan fingerprint density at radius 3 is 2.69 bits per heavy atom. The van der Waals surface area contributed by atoms with Crippen LogP contribution in [0.25, 0.3) is 5.70 Å². The maximum Gasteiger partial charge on any atom is 0.432 e. The molecule has 0 unspecified atom stereocenters. The van der Waals surface area contributed by atoms with Gasteiger partial charge in [-0.3, -0.25) is 5.43 Å². The normalized spacial score (nSPS) is 16.0. The Bertz CT molecular complexity index is 456. The second-order valence-electron chi connectivity index (χ2n) is 3.30. The zero-order valence-electron chi connectivity index (χ0n) is 8.34. The Hall–Kier alpha value is -1.92. The van der Waals surface area contributed by atoms with Gasteiger partial charge in [-0.2, -0.15) is 18.3 Å². The molecule has 1 aliphatic rings. The van der Waals surface area contributed by atoms with Crippen molar-refractivity contribution in [2.45, 2.75) is 13.1 Å². The highest BCUT2D eigenvalue weighted by Crippen LogP contribution is 2.26. The second-order valence-corrected chi connectivity index (χ2v) is 3.30. The minimum atomic E-state index is -4.41. The first kappa shape index (κ1) is 10.6. The number of alkyl halides is 3. The molecule has 7 heteroatoms. The summed E-state index contributed by atoms with van der Waals surface area (Å²) < 4.78 is 38.6. The fourth-order valence-corrected chi connectivity index (χ4v) is 1.26. The van der Waals surface area contributed by atoms with Crippen molar-refractivity contribution in [1.82, 2.24) is 20.6 Å². The summed E-state index contributed by atoms with van der Waals surface area (Å²) in [7, 11) is 0. The van der Waals surface area contributed by atoms with Gasteiger partial charge in [0.15, 0.2) is 0 Å². The van der Waals surface area contributed by atoms with Crippen LogP contribution in [0.2, 0.25) is 0 Å². The van der Waals surface area contributed by atoms with E-state index in [1.807, 2.05) is 5.43 Å². The molecule has 0 radical (unpaired) electrons. The molecule has 16 heavy (non-hydrogen) atoms. The maximum absolute atomic E-state index is 12.4. The molecule has 0 fully saturated rings. The lowest BCUT2D eigenvalue weighted by Crippen LogP contribution is -2.37. The van der Waals surface area contributed by atoms with Crippen LogP contribution in [0.4, 0.5) is 13.2 Å². The largest absolute Gasteiger partial charge is 0.432 e. The zero-order chi connectivity index (χ0) is 11.8. The zero-order valence-corrected chi connectivity index (χ0v) is 8.34. The summed E-state index contributed by atoms with van der Waals surface area (Å²) in [5.41, 5.74) is 4.58. The van der Waals surface area contributed by atoms with Crippen LogP contribution in [0, 0.1) is 6.92 Å². The molecule has 86 valence electrons. The van der Waals surface area contributed by atoms with Gasteiger partial charge >= 0.3 is 6.18 Å². The molecule has 0 aliphatic carbocycles. The van der Waals surface area contributed by atoms with E-state index in [1.165, 1.54) is 10.9 Å². The highest BCUT2D eigenvalue weighted by Gasteiger charge is 2.35. The molecular weight excluding hydrogens is 221 g/mol. The first-order chi connectivity index (χ1) is 7.47. The van der Waals surface area contributed by atoms with Crippen molar-refractivity contribution in [2.24, 2.45) is 0 Å². The van der Waals surface area contributed by atoms with Gasteiger partial charge in [0.05, 0.1) is 11.4 Å². The quantitative estimate of drug-likeness (QED) is 0.769. The summed E-state index contributed by atoms with van der Waals surface area (Å²) in [6.45, 7) is 1.76. The molecule has 0 atom stereocenters. The van der Waals surface area contributed by atoms with E-state index in [0.717, 1.165) is 11.8 Å². The number of rotatable bonds is 1. The number of hydrogen-bond acceptors (Lipinski definition) is 3. The van der Waals surface area contributed by atoms with E-state index in [4.69, 9.17) is 0 Å². The molecule has 0 amide bonds. The summed E-state index contributed by atoms with van der Waals surface area (Å²) in [6.07, 6.45) is -0.419. The lowest BCUT2D eigenvalue weighted by Gasteiger charge is -2.19. The van der Waals surface area contributed by atoms with E-state index >= 15 is 0 Å². The Balaban J connectivity index is 2.31. The van der Waals surface area contributed by atoms with Crippen LogP contribution < -0.4 is 10.9 Å². The summed E-state index contributed by atoms with van der Waals surface area (Å²) in [4.78, 5) is 0. The van der Waals surface area contributed by atoms with Crippen molar-refractivity contribution in [1.29, 1.82) is 0 Å². The standard InChI is InChI=1S/C9H9F3N4/c1-6-2-3-16(15-6)7-4-8(9(10,11)12)14-13-5-7/h2-5,13-14H,1H3. The molecule has 1 aliphatic heterocycles. The number of aromatic nitrogens is 2. The molecule has 4 nitrogen and oxygen atoms in total. The van der Waals surface area contributed by atoms with Crippen LogP contribution in [-0.4, -0.2) is 16.0 Å². The van der Waals surface area contributed by atoms with E-state index in [2.05, 4.69) is 10.5 Å². The summed E-state index contributed by atoms with van der Waals surface area (Å²) in [5, 5.41) is 4.02. The Labute approximate surface area is 89.4 Å². The van der Waals surface area contributed by atoms with Crippen molar-refractivity contribution >= 4 is 5.70 Å². The number of aryl methyl sites for hydroxylation is 1. The van der Waals surface area contributed by atoms with Gasteiger partial charge < -0.3 is 5.43 Å². The number of nitrogens with zero attached hydrogens (tertiary/aromatic N) is 2. The average molecular weight is 230 g/mol. The molecule has 1 aromatic rings. The fraction of sp³-hybridized carbons (Fsp3) is 0.222. The molecule has 2 rings (SSSR count). The molecule has 0 aromatic carbocycles. The molecule has 0 bridgehead atoms. The van der Waals surface area contributed by atoms with E-state index in [9.17, 15) is 13.2 Å². The van der Waals surface area contributed by atoms with Gasteiger partial charge in [-0.15, -0.1) is 0 Å². The highest BCUT2D eigenvalue weighted by atomic mass is 19.4. The first-order valence-corrected chi connectivity index (χ1v) is 4.50. The van der Waals surface area contributed by atoms with Gasteiger partial charge in [-0.25, -0.2) is 4.68 Å². The van der Waals surface area contributed by atoms with Crippen LogP contribution in [-0.2, 0) is 0 Å². The van der Waals surface area contributed by atoms with Crippen molar-refractivity contribution in [3.05, 3.63) is 35.9 Å². The topological polar surface area (TPSA) is 41.9 Å². The van der Waals surface area contributed by atoms with Crippen molar-refractivity contribution < 1.29 is 13.2 Å². The Morgan fingerprint density at radius 2 is 2.12 bits per heavy atom. The van der Waals surface area contributed by atoms with Crippen LogP contribution in [0.1, 0.15) is 5.69 Å². The van der Waals surface area contributed by atoms with Gasteiger partial charge in [0.1, 0.15) is 5.70 Å².